The molecule has 1 aromatic carbocycles. The summed E-state index contributed by atoms with van der Waals surface area (Å²) >= 11 is 6.40. The van der Waals surface area contributed by atoms with Gasteiger partial charge < -0.3 is 15.0 Å². The summed E-state index contributed by atoms with van der Waals surface area (Å²) in [5, 5.41) is 8.33. The number of halogens is 1. The summed E-state index contributed by atoms with van der Waals surface area (Å²) in [6, 6.07) is 7.41. The van der Waals surface area contributed by atoms with Crippen LogP contribution in [0.2, 0.25) is 5.02 Å². The number of nitrogens with one attached hydrogen (secondary N) is 4. The maximum absolute atomic E-state index is 12.1. The van der Waals surface area contributed by atoms with Crippen molar-refractivity contribution in [3.8, 4) is 11.1 Å². The number of hydrazine groups is 1. The van der Waals surface area contributed by atoms with Crippen LogP contribution in [0.1, 0.15) is 25.6 Å². The van der Waals surface area contributed by atoms with Gasteiger partial charge >= 0.3 is 6.02 Å². The molecule has 1 amide bonds. The number of carbonyl (C=O) groups is 1. The summed E-state index contributed by atoms with van der Waals surface area (Å²) in [6.07, 6.45) is 8.65. The highest BCUT2D eigenvalue weighted by Gasteiger charge is 2.26. The van der Waals surface area contributed by atoms with Crippen LogP contribution >= 0.6 is 11.6 Å². The van der Waals surface area contributed by atoms with E-state index in [1.807, 2.05) is 38.6 Å². The van der Waals surface area contributed by atoms with E-state index in [2.05, 4.69) is 36.2 Å². The molecule has 1 saturated heterocycles. The van der Waals surface area contributed by atoms with E-state index in [1.165, 1.54) is 0 Å². The first kappa shape index (κ1) is 22.6. The standard InChI is InChI=1S/C24H23ClN8O2/c1-4-13(2)22(34)29-16-5-6-20(19(25)8-16)30-24-32-31-23(35-24)18-11-27-21-17(18)7-14(9-26-21)15-10-28-33(3)12-15/h4-12,23,31H,1-3H3,(H,26,27)(H,29,34)(H,30,32)/b13-4+. The Labute approximate surface area is 206 Å². The van der Waals surface area contributed by atoms with E-state index in [0.29, 0.717) is 22.0 Å². The molecule has 0 radical (unpaired) electrons. The number of rotatable bonds is 5. The van der Waals surface area contributed by atoms with E-state index in [1.54, 1.807) is 42.1 Å². The molecule has 5 rings (SSSR count). The Morgan fingerprint density at radius 1 is 1.29 bits per heavy atom. The van der Waals surface area contributed by atoms with Crippen molar-refractivity contribution in [2.45, 2.75) is 20.1 Å². The number of hydrogen-bond donors (Lipinski definition) is 4. The lowest BCUT2D eigenvalue weighted by Gasteiger charge is -2.08. The molecule has 10 nitrogen and oxygen atoms in total. The normalized spacial score (nSPS) is 17.0. The van der Waals surface area contributed by atoms with Crippen molar-refractivity contribution in [3.63, 3.8) is 0 Å². The van der Waals surface area contributed by atoms with Gasteiger partial charge in [-0.3, -0.25) is 14.9 Å². The Morgan fingerprint density at radius 3 is 2.89 bits per heavy atom. The smallest absolute Gasteiger partial charge is 0.306 e. The number of aliphatic imine (C=N–C) groups is 1. The highest BCUT2D eigenvalue weighted by molar-refractivity contribution is 6.33. The number of H-pyrrole nitrogens is 1. The molecule has 178 valence electrons. The number of hydrogen-bond acceptors (Lipinski definition) is 6. The second-order valence-electron chi connectivity index (χ2n) is 8.04. The SMILES string of the molecule is C/C=C(\C)C(=O)Nc1ccc(N=C2NNC(c3c[nH]c4ncc(-c5cnn(C)c5)cc34)O2)c(Cl)c1. The van der Waals surface area contributed by atoms with Crippen molar-refractivity contribution < 1.29 is 9.53 Å². The van der Waals surface area contributed by atoms with Crippen molar-refractivity contribution in [2.24, 2.45) is 12.0 Å². The third kappa shape index (κ3) is 4.61. The fourth-order valence-corrected chi connectivity index (χ4v) is 3.83. The molecular weight excluding hydrogens is 468 g/mol. The molecule has 3 aromatic heterocycles. The molecular formula is C24H23ClN8O2. The Bertz CT molecular complexity index is 1490. The third-order valence-electron chi connectivity index (χ3n) is 5.64. The molecule has 4 N–H and O–H groups in total. The molecule has 0 saturated carbocycles. The van der Waals surface area contributed by atoms with Crippen LogP contribution < -0.4 is 16.2 Å². The number of amidine groups is 1. The number of aromatic nitrogens is 4. The Kier molecular flexibility index (Phi) is 5.98. The predicted molar refractivity (Wildman–Crippen MR) is 135 cm³/mol. The quantitative estimate of drug-likeness (QED) is 0.309. The molecule has 1 aliphatic rings. The molecule has 0 spiro atoms. The van der Waals surface area contributed by atoms with Crippen LogP contribution in [0.4, 0.5) is 11.4 Å². The topological polar surface area (TPSA) is 121 Å². The molecule has 11 heteroatoms. The highest BCUT2D eigenvalue weighted by atomic mass is 35.5. The second-order valence-corrected chi connectivity index (χ2v) is 8.45. The summed E-state index contributed by atoms with van der Waals surface area (Å²) in [4.78, 5) is 24.2. The predicted octanol–water partition coefficient (Wildman–Crippen LogP) is 4.33. The number of carbonyl (C=O) groups excluding carboxylic acids is 1. The first-order valence-electron chi connectivity index (χ1n) is 10.9. The molecule has 0 aliphatic carbocycles. The van der Waals surface area contributed by atoms with Gasteiger partial charge in [-0.25, -0.2) is 4.98 Å². The van der Waals surface area contributed by atoms with Crippen molar-refractivity contribution in [1.29, 1.82) is 0 Å². The van der Waals surface area contributed by atoms with Gasteiger partial charge in [0.1, 0.15) is 5.65 Å². The van der Waals surface area contributed by atoms with Crippen molar-refractivity contribution in [1.82, 2.24) is 30.6 Å². The fraction of sp³-hybridized carbons (Fsp3) is 0.167. The minimum absolute atomic E-state index is 0.185. The third-order valence-corrected chi connectivity index (χ3v) is 5.94. The average Bonchev–Trinajstić information content (AvgIpc) is 3.59. The average molecular weight is 491 g/mol. The summed E-state index contributed by atoms with van der Waals surface area (Å²) < 4.78 is 7.74. The monoisotopic (exact) mass is 490 g/mol. The maximum Gasteiger partial charge on any atom is 0.306 e. The molecule has 1 aliphatic heterocycles. The number of aryl methyl sites for hydroxylation is 1. The van der Waals surface area contributed by atoms with Crippen molar-refractivity contribution in [2.75, 3.05) is 5.32 Å². The van der Waals surface area contributed by atoms with E-state index in [9.17, 15) is 4.79 Å². The van der Waals surface area contributed by atoms with E-state index in [0.717, 1.165) is 27.7 Å². The van der Waals surface area contributed by atoms with Crippen LogP contribution in [0.3, 0.4) is 0 Å². The lowest BCUT2D eigenvalue weighted by molar-refractivity contribution is -0.112. The second kappa shape index (κ2) is 9.24. The minimum atomic E-state index is -0.491. The summed E-state index contributed by atoms with van der Waals surface area (Å²) in [5.41, 5.74) is 11.3. The van der Waals surface area contributed by atoms with Crippen molar-refractivity contribution in [3.05, 3.63) is 71.3 Å². The van der Waals surface area contributed by atoms with Crippen LogP contribution in [0.25, 0.3) is 22.2 Å². The summed E-state index contributed by atoms with van der Waals surface area (Å²) in [7, 11) is 1.88. The van der Waals surface area contributed by atoms with Gasteiger partial charge in [-0.2, -0.15) is 15.5 Å². The van der Waals surface area contributed by atoms with Gasteiger partial charge in [0.2, 0.25) is 0 Å². The van der Waals surface area contributed by atoms with Gasteiger partial charge in [0.05, 0.1) is 16.9 Å². The fourth-order valence-electron chi connectivity index (χ4n) is 3.61. The van der Waals surface area contributed by atoms with Gasteiger partial charge in [0.25, 0.3) is 5.91 Å². The molecule has 4 heterocycles. The lowest BCUT2D eigenvalue weighted by atomic mass is 10.1. The lowest BCUT2D eigenvalue weighted by Crippen LogP contribution is -2.27. The number of amides is 1. The number of benzene rings is 1. The van der Waals surface area contributed by atoms with Crippen LogP contribution in [-0.4, -0.2) is 31.7 Å². The zero-order chi connectivity index (χ0) is 24.5. The zero-order valence-corrected chi connectivity index (χ0v) is 20.0. The van der Waals surface area contributed by atoms with Crippen LogP contribution in [0.5, 0.6) is 0 Å². The summed E-state index contributed by atoms with van der Waals surface area (Å²) in [5.74, 6) is -0.185. The maximum atomic E-state index is 12.1. The Morgan fingerprint density at radius 2 is 2.14 bits per heavy atom. The first-order valence-corrected chi connectivity index (χ1v) is 11.3. The van der Waals surface area contributed by atoms with Crippen molar-refractivity contribution >= 4 is 45.9 Å². The van der Waals surface area contributed by atoms with Crippen LogP contribution in [0.15, 0.2) is 65.7 Å². The molecule has 0 bridgehead atoms. The highest BCUT2D eigenvalue weighted by Crippen LogP contribution is 2.31. The number of allylic oxidation sites excluding steroid dienone is 1. The number of aromatic amines is 1. The molecule has 4 aromatic rings. The van der Waals surface area contributed by atoms with Crippen LogP contribution in [0, 0.1) is 0 Å². The number of nitrogens with zero attached hydrogens (tertiary/aromatic N) is 4. The molecule has 1 unspecified atom stereocenters. The number of fused-ring (bicyclic) bond motifs is 1. The Balaban J connectivity index is 1.34. The Hall–Kier alpha value is -4.15. The molecule has 1 fully saturated rings. The molecule has 1 atom stereocenters. The number of anilines is 1. The first-order chi connectivity index (χ1) is 16.9. The van der Waals surface area contributed by atoms with E-state index < -0.39 is 6.23 Å². The van der Waals surface area contributed by atoms with E-state index in [4.69, 9.17) is 16.3 Å². The minimum Gasteiger partial charge on any atom is -0.439 e. The van der Waals surface area contributed by atoms with Gasteiger partial charge in [0, 0.05) is 59.0 Å². The van der Waals surface area contributed by atoms with E-state index >= 15 is 0 Å². The van der Waals surface area contributed by atoms with Gasteiger partial charge in [-0.05, 0) is 38.1 Å². The zero-order valence-electron chi connectivity index (χ0n) is 19.3. The number of pyridine rings is 1. The van der Waals surface area contributed by atoms with Gasteiger partial charge in [0.15, 0.2) is 6.23 Å². The summed E-state index contributed by atoms with van der Waals surface area (Å²) in [6.45, 7) is 3.55. The van der Waals surface area contributed by atoms with Gasteiger partial charge in [-0.1, -0.05) is 17.7 Å². The number of ether oxygens (including phenoxy) is 1. The van der Waals surface area contributed by atoms with Crippen LogP contribution in [-0.2, 0) is 16.6 Å². The van der Waals surface area contributed by atoms with Gasteiger partial charge in [-0.15, -0.1) is 0 Å². The molecule has 35 heavy (non-hydrogen) atoms. The van der Waals surface area contributed by atoms with E-state index in [-0.39, 0.29) is 11.9 Å². The largest absolute Gasteiger partial charge is 0.439 e.